The van der Waals surface area contributed by atoms with E-state index in [1.54, 1.807) is 12.1 Å². The van der Waals surface area contributed by atoms with E-state index in [0.717, 1.165) is 41.9 Å². The van der Waals surface area contributed by atoms with Gasteiger partial charge in [-0.3, -0.25) is 0 Å². The highest BCUT2D eigenvalue weighted by Gasteiger charge is 2.15. The zero-order valence-electron chi connectivity index (χ0n) is 9.80. The summed E-state index contributed by atoms with van der Waals surface area (Å²) in [6.07, 6.45) is 2.70. The minimum Gasteiger partial charge on any atom is -0.478 e. The molecule has 3 nitrogen and oxygen atoms in total. The second-order valence-corrected chi connectivity index (χ2v) is 5.58. The molecule has 0 atom stereocenters. The molecular formula is C13H14ClNO2S. The number of carboxylic acid groups (broad SMARTS) is 1. The summed E-state index contributed by atoms with van der Waals surface area (Å²) in [4.78, 5) is 12.9. The molecule has 1 saturated heterocycles. The van der Waals surface area contributed by atoms with E-state index in [1.165, 1.54) is 0 Å². The zero-order chi connectivity index (χ0) is 13.0. The summed E-state index contributed by atoms with van der Waals surface area (Å²) in [6, 6.07) is 5.67. The molecule has 1 aliphatic heterocycles. The fraction of sp³-hybridized carbons (Fsp3) is 0.308. The van der Waals surface area contributed by atoms with Crippen LogP contribution in [0.25, 0.3) is 6.08 Å². The van der Waals surface area contributed by atoms with Gasteiger partial charge in [0, 0.05) is 46.9 Å². The van der Waals surface area contributed by atoms with Crippen molar-refractivity contribution in [3.05, 3.63) is 34.9 Å². The lowest BCUT2D eigenvalue weighted by Crippen LogP contribution is -2.32. The van der Waals surface area contributed by atoms with Gasteiger partial charge >= 0.3 is 5.97 Å². The second kappa shape index (κ2) is 6.16. The number of hydrogen-bond acceptors (Lipinski definition) is 3. The summed E-state index contributed by atoms with van der Waals surface area (Å²) in [5, 5.41) is 9.31. The van der Waals surface area contributed by atoms with Gasteiger partial charge < -0.3 is 10.0 Å². The largest absolute Gasteiger partial charge is 0.478 e. The quantitative estimate of drug-likeness (QED) is 0.866. The molecule has 0 unspecified atom stereocenters. The van der Waals surface area contributed by atoms with E-state index >= 15 is 0 Å². The minimum atomic E-state index is -0.963. The molecule has 0 spiro atoms. The molecule has 0 saturated carbocycles. The zero-order valence-corrected chi connectivity index (χ0v) is 11.4. The molecule has 1 N–H and O–H groups in total. The fourth-order valence-electron chi connectivity index (χ4n) is 1.93. The number of benzene rings is 1. The number of rotatable bonds is 3. The average Bonchev–Trinajstić information content (AvgIpc) is 2.38. The molecule has 0 aromatic heterocycles. The number of hydrogen-bond donors (Lipinski definition) is 1. The molecule has 0 radical (unpaired) electrons. The van der Waals surface area contributed by atoms with E-state index in [-0.39, 0.29) is 0 Å². The van der Waals surface area contributed by atoms with E-state index in [4.69, 9.17) is 16.7 Å². The third kappa shape index (κ3) is 3.21. The van der Waals surface area contributed by atoms with Crippen molar-refractivity contribution in [2.24, 2.45) is 0 Å². The summed E-state index contributed by atoms with van der Waals surface area (Å²) in [6.45, 7) is 1.94. The highest BCUT2D eigenvalue weighted by molar-refractivity contribution is 7.99. The van der Waals surface area contributed by atoms with E-state index in [0.29, 0.717) is 5.02 Å². The van der Waals surface area contributed by atoms with Gasteiger partial charge in [-0.1, -0.05) is 17.7 Å². The Bertz CT molecular complexity index is 470. The van der Waals surface area contributed by atoms with Crippen LogP contribution in [-0.4, -0.2) is 35.7 Å². The molecule has 1 fully saturated rings. The van der Waals surface area contributed by atoms with E-state index < -0.39 is 5.97 Å². The van der Waals surface area contributed by atoms with Crippen molar-refractivity contribution < 1.29 is 9.90 Å². The van der Waals surface area contributed by atoms with Gasteiger partial charge in [0.05, 0.1) is 0 Å². The van der Waals surface area contributed by atoms with Crippen LogP contribution in [0.5, 0.6) is 0 Å². The van der Waals surface area contributed by atoms with E-state index in [1.807, 2.05) is 23.9 Å². The van der Waals surface area contributed by atoms with Gasteiger partial charge in [0.15, 0.2) is 0 Å². The Hall–Kier alpha value is -1.13. The Morgan fingerprint density at radius 2 is 2.11 bits per heavy atom. The first kappa shape index (κ1) is 13.3. The van der Waals surface area contributed by atoms with Crippen molar-refractivity contribution in [1.82, 2.24) is 0 Å². The predicted octanol–water partition coefficient (Wildman–Crippen LogP) is 2.99. The van der Waals surface area contributed by atoms with Gasteiger partial charge in [0.1, 0.15) is 0 Å². The van der Waals surface area contributed by atoms with Gasteiger partial charge in [-0.2, -0.15) is 11.8 Å². The SMILES string of the molecule is O=C(O)/C=C/c1c(Cl)cccc1N1CCSCC1. The standard InChI is InChI=1S/C13H14ClNO2S/c14-11-2-1-3-12(10(11)4-5-13(16)17)15-6-8-18-9-7-15/h1-5H,6-9H2,(H,16,17)/b5-4+. The summed E-state index contributed by atoms with van der Waals surface area (Å²) in [5.41, 5.74) is 1.80. The number of halogens is 1. The van der Waals surface area contributed by atoms with Gasteiger partial charge in [0.25, 0.3) is 0 Å². The lowest BCUT2D eigenvalue weighted by molar-refractivity contribution is -0.131. The third-order valence-electron chi connectivity index (χ3n) is 2.77. The smallest absolute Gasteiger partial charge is 0.328 e. The van der Waals surface area contributed by atoms with Crippen molar-refractivity contribution in [2.45, 2.75) is 0 Å². The average molecular weight is 284 g/mol. The van der Waals surface area contributed by atoms with Crippen molar-refractivity contribution in [1.29, 1.82) is 0 Å². The molecule has 5 heteroatoms. The highest BCUT2D eigenvalue weighted by Crippen LogP contribution is 2.30. The van der Waals surface area contributed by atoms with Crippen LogP contribution in [0.2, 0.25) is 5.02 Å². The van der Waals surface area contributed by atoms with Crippen LogP contribution in [0.3, 0.4) is 0 Å². The Labute approximate surface area is 115 Å². The molecule has 2 rings (SSSR count). The number of carboxylic acids is 1. The van der Waals surface area contributed by atoms with Crippen LogP contribution < -0.4 is 4.90 Å². The van der Waals surface area contributed by atoms with Crippen molar-refractivity contribution in [3.63, 3.8) is 0 Å². The molecule has 18 heavy (non-hydrogen) atoms. The maximum Gasteiger partial charge on any atom is 0.328 e. The van der Waals surface area contributed by atoms with Crippen LogP contribution in [-0.2, 0) is 4.79 Å². The molecule has 1 aromatic carbocycles. The van der Waals surface area contributed by atoms with Crippen LogP contribution in [0.4, 0.5) is 5.69 Å². The van der Waals surface area contributed by atoms with Gasteiger partial charge in [-0.05, 0) is 18.2 Å². The lowest BCUT2D eigenvalue weighted by Gasteiger charge is -2.30. The fourth-order valence-corrected chi connectivity index (χ4v) is 3.06. The first-order valence-corrected chi connectivity index (χ1v) is 7.24. The van der Waals surface area contributed by atoms with Crippen LogP contribution in [0.1, 0.15) is 5.56 Å². The van der Waals surface area contributed by atoms with Gasteiger partial charge in [0.2, 0.25) is 0 Å². The number of nitrogens with zero attached hydrogens (tertiary/aromatic N) is 1. The van der Waals surface area contributed by atoms with Crippen LogP contribution >= 0.6 is 23.4 Å². The van der Waals surface area contributed by atoms with Crippen molar-refractivity contribution in [3.8, 4) is 0 Å². The van der Waals surface area contributed by atoms with Gasteiger partial charge in [-0.15, -0.1) is 0 Å². The summed E-state index contributed by atoms with van der Waals surface area (Å²) in [7, 11) is 0. The van der Waals surface area contributed by atoms with Crippen molar-refractivity contribution >= 4 is 41.1 Å². The molecule has 0 aliphatic carbocycles. The molecule has 0 bridgehead atoms. The van der Waals surface area contributed by atoms with Crippen molar-refractivity contribution in [2.75, 3.05) is 29.5 Å². The van der Waals surface area contributed by atoms with E-state index in [2.05, 4.69) is 4.90 Å². The second-order valence-electron chi connectivity index (χ2n) is 3.94. The number of aliphatic carboxylic acids is 1. The molecular weight excluding hydrogens is 270 g/mol. The van der Waals surface area contributed by atoms with Crippen LogP contribution in [0.15, 0.2) is 24.3 Å². The Morgan fingerprint density at radius 3 is 2.78 bits per heavy atom. The maximum absolute atomic E-state index is 10.6. The number of thioether (sulfide) groups is 1. The normalized spacial score (nSPS) is 16.2. The Morgan fingerprint density at radius 1 is 1.39 bits per heavy atom. The Balaban J connectivity index is 2.33. The summed E-state index contributed by atoms with van der Waals surface area (Å²) >= 11 is 8.09. The van der Waals surface area contributed by atoms with Gasteiger partial charge in [-0.25, -0.2) is 4.79 Å². The Kier molecular flexibility index (Phi) is 4.55. The molecule has 1 aliphatic rings. The number of anilines is 1. The molecule has 0 amide bonds. The lowest BCUT2D eigenvalue weighted by atomic mass is 10.1. The molecule has 1 heterocycles. The summed E-state index contributed by atoms with van der Waals surface area (Å²) in [5.74, 6) is 1.22. The van der Waals surface area contributed by atoms with E-state index in [9.17, 15) is 4.79 Å². The molecule has 96 valence electrons. The monoisotopic (exact) mass is 283 g/mol. The summed E-state index contributed by atoms with van der Waals surface area (Å²) < 4.78 is 0. The maximum atomic E-state index is 10.6. The minimum absolute atomic E-state index is 0.586. The van der Waals surface area contributed by atoms with Crippen LogP contribution in [0, 0.1) is 0 Å². The first-order chi connectivity index (χ1) is 8.68. The highest BCUT2D eigenvalue weighted by atomic mass is 35.5. The predicted molar refractivity (Wildman–Crippen MR) is 77.7 cm³/mol. The molecule has 1 aromatic rings. The first-order valence-electron chi connectivity index (χ1n) is 5.70. The topological polar surface area (TPSA) is 40.5 Å². The number of carbonyl (C=O) groups is 1. The third-order valence-corrected chi connectivity index (χ3v) is 4.05.